The van der Waals surface area contributed by atoms with Crippen LogP contribution in [0.5, 0.6) is 0 Å². The second-order valence-corrected chi connectivity index (χ2v) is 6.24. The van der Waals surface area contributed by atoms with E-state index >= 15 is 0 Å². The van der Waals surface area contributed by atoms with Crippen molar-refractivity contribution in [3.8, 4) is 11.1 Å². The van der Waals surface area contributed by atoms with Gasteiger partial charge in [0, 0.05) is 18.9 Å². The Balaban J connectivity index is 1.74. The number of aromatic nitrogens is 2. The highest BCUT2D eigenvalue weighted by Crippen LogP contribution is 2.20. The molecule has 2 heterocycles. The van der Waals surface area contributed by atoms with Gasteiger partial charge in [0.2, 0.25) is 5.43 Å². The Morgan fingerprint density at radius 3 is 2.33 bits per heavy atom. The minimum Gasteiger partial charge on any atom is -0.477 e. The summed E-state index contributed by atoms with van der Waals surface area (Å²) in [4.78, 5) is 28.1. The lowest BCUT2D eigenvalue weighted by molar-refractivity contribution is 0.0695. The van der Waals surface area contributed by atoms with Crippen LogP contribution in [0.25, 0.3) is 22.2 Å². The Bertz CT molecular complexity index is 1180. The smallest absolute Gasteiger partial charge is 0.341 e. The summed E-state index contributed by atoms with van der Waals surface area (Å²) in [5, 5.41) is 9.65. The summed E-state index contributed by atoms with van der Waals surface area (Å²) in [6.45, 7) is 0.420. The van der Waals surface area contributed by atoms with Gasteiger partial charge in [-0.3, -0.25) is 4.79 Å². The molecule has 4 aromatic rings. The first kappa shape index (κ1) is 16.7. The average molecular weight is 356 g/mol. The molecule has 0 spiro atoms. The first-order valence-electron chi connectivity index (χ1n) is 8.49. The fourth-order valence-corrected chi connectivity index (χ4v) is 3.13. The largest absolute Gasteiger partial charge is 0.477 e. The van der Waals surface area contributed by atoms with Crippen molar-refractivity contribution in [1.82, 2.24) is 9.55 Å². The number of nitrogens with zero attached hydrogens (tertiary/aromatic N) is 2. The van der Waals surface area contributed by atoms with E-state index in [9.17, 15) is 14.7 Å². The van der Waals surface area contributed by atoms with Gasteiger partial charge in [-0.05, 0) is 28.8 Å². The number of pyridine rings is 2. The normalized spacial score (nSPS) is 10.8. The molecule has 0 aliphatic rings. The minimum atomic E-state index is -1.24. The Hall–Kier alpha value is -3.73. The van der Waals surface area contributed by atoms with Crippen molar-refractivity contribution in [2.45, 2.75) is 6.54 Å². The van der Waals surface area contributed by atoms with E-state index in [1.165, 1.54) is 6.20 Å². The van der Waals surface area contributed by atoms with Crippen molar-refractivity contribution in [1.29, 1.82) is 0 Å². The zero-order chi connectivity index (χ0) is 18.8. The lowest BCUT2D eigenvalue weighted by Gasteiger charge is -2.12. The molecule has 0 bridgehead atoms. The number of hydrogen-bond acceptors (Lipinski definition) is 3. The van der Waals surface area contributed by atoms with Gasteiger partial charge < -0.3 is 9.67 Å². The second kappa shape index (κ2) is 6.88. The Kier molecular flexibility index (Phi) is 4.26. The number of benzene rings is 2. The topological polar surface area (TPSA) is 72.2 Å². The average Bonchev–Trinajstić information content (AvgIpc) is 2.71. The van der Waals surface area contributed by atoms with Crippen LogP contribution in [0.3, 0.4) is 0 Å². The van der Waals surface area contributed by atoms with Crippen LogP contribution in [-0.4, -0.2) is 20.6 Å². The third kappa shape index (κ3) is 3.22. The van der Waals surface area contributed by atoms with E-state index < -0.39 is 11.4 Å². The van der Waals surface area contributed by atoms with Gasteiger partial charge in [0.1, 0.15) is 11.2 Å². The summed E-state index contributed by atoms with van der Waals surface area (Å²) in [6.07, 6.45) is 2.96. The molecule has 0 atom stereocenters. The van der Waals surface area contributed by atoms with Crippen LogP contribution < -0.4 is 5.43 Å². The number of rotatable bonds is 4. The molecule has 132 valence electrons. The fraction of sp³-hybridized carbons (Fsp3) is 0.0455. The molecule has 5 heteroatoms. The number of fused-ring (bicyclic) bond motifs is 1. The van der Waals surface area contributed by atoms with Crippen LogP contribution in [-0.2, 0) is 6.54 Å². The van der Waals surface area contributed by atoms with Crippen LogP contribution in [0.1, 0.15) is 15.9 Å². The van der Waals surface area contributed by atoms with Gasteiger partial charge in [-0.15, -0.1) is 0 Å². The third-order valence-corrected chi connectivity index (χ3v) is 4.48. The second-order valence-electron chi connectivity index (χ2n) is 6.24. The van der Waals surface area contributed by atoms with Crippen molar-refractivity contribution < 1.29 is 9.90 Å². The molecular formula is C22H16N2O3. The van der Waals surface area contributed by atoms with Crippen LogP contribution in [0.4, 0.5) is 0 Å². The fourth-order valence-electron chi connectivity index (χ4n) is 3.13. The number of hydrogen-bond donors (Lipinski definition) is 1. The Morgan fingerprint density at radius 1 is 0.926 bits per heavy atom. The lowest BCUT2D eigenvalue weighted by atomic mass is 10.0. The monoisotopic (exact) mass is 356 g/mol. The van der Waals surface area contributed by atoms with Crippen LogP contribution in [0.15, 0.2) is 83.9 Å². The molecule has 1 N–H and O–H groups in total. The third-order valence-electron chi connectivity index (χ3n) is 4.48. The van der Waals surface area contributed by atoms with Gasteiger partial charge in [-0.25, -0.2) is 9.78 Å². The van der Waals surface area contributed by atoms with Crippen LogP contribution in [0.2, 0.25) is 0 Å². The summed E-state index contributed by atoms with van der Waals surface area (Å²) in [7, 11) is 0. The Morgan fingerprint density at radius 2 is 1.63 bits per heavy atom. The molecule has 0 fully saturated rings. The van der Waals surface area contributed by atoms with Crippen LogP contribution in [0, 0.1) is 0 Å². The number of carboxylic acids is 1. The molecule has 4 rings (SSSR count). The summed E-state index contributed by atoms with van der Waals surface area (Å²) >= 11 is 0. The van der Waals surface area contributed by atoms with Gasteiger partial charge in [-0.2, -0.15) is 0 Å². The summed E-state index contributed by atoms with van der Waals surface area (Å²) < 4.78 is 1.71. The van der Waals surface area contributed by atoms with Gasteiger partial charge in [-0.1, -0.05) is 54.6 Å². The highest BCUT2D eigenvalue weighted by atomic mass is 16.4. The molecule has 2 aromatic carbocycles. The SMILES string of the molecule is O=C(O)c1cn(Cc2ccc(-c3ccccc3)cc2)c2ncccc2c1=O. The van der Waals surface area contributed by atoms with Crippen molar-refractivity contribution in [3.05, 3.63) is 100 Å². The molecule has 5 nitrogen and oxygen atoms in total. The molecule has 2 aromatic heterocycles. The molecule has 0 saturated carbocycles. The van der Waals surface area contributed by atoms with Crippen LogP contribution >= 0.6 is 0 Å². The molecule has 0 saturated heterocycles. The van der Waals surface area contributed by atoms with E-state index in [0.29, 0.717) is 17.6 Å². The molecule has 0 amide bonds. The molecule has 0 radical (unpaired) electrons. The lowest BCUT2D eigenvalue weighted by Crippen LogP contribution is -2.19. The Labute approximate surface area is 155 Å². The standard InChI is InChI=1S/C22H16N2O3/c25-20-18-7-4-12-23-21(18)24(14-19(20)22(26)27)13-15-8-10-17(11-9-15)16-5-2-1-3-6-16/h1-12,14H,13H2,(H,26,27). The number of carboxylic acid groups (broad SMARTS) is 1. The van der Waals surface area contributed by atoms with E-state index in [1.807, 2.05) is 54.6 Å². The molecule has 27 heavy (non-hydrogen) atoms. The maximum absolute atomic E-state index is 12.3. The number of aromatic carboxylic acids is 1. The van der Waals surface area contributed by atoms with E-state index in [1.54, 1.807) is 22.9 Å². The predicted molar refractivity (Wildman–Crippen MR) is 104 cm³/mol. The first-order chi connectivity index (χ1) is 13.1. The van der Waals surface area contributed by atoms with Crippen molar-refractivity contribution in [3.63, 3.8) is 0 Å². The summed E-state index contributed by atoms with van der Waals surface area (Å²) in [6, 6.07) is 21.4. The molecule has 0 unspecified atom stereocenters. The zero-order valence-corrected chi connectivity index (χ0v) is 14.4. The molecule has 0 aliphatic carbocycles. The first-order valence-corrected chi connectivity index (χ1v) is 8.49. The number of carbonyl (C=O) groups is 1. The quantitative estimate of drug-likeness (QED) is 0.603. The van der Waals surface area contributed by atoms with Crippen molar-refractivity contribution in [2.24, 2.45) is 0 Å². The van der Waals surface area contributed by atoms with E-state index in [0.717, 1.165) is 16.7 Å². The highest BCUT2D eigenvalue weighted by molar-refractivity contribution is 5.91. The van der Waals surface area contributed by atoms with Gasteiger partial charge in [0.05, 0.1) is 5.39 Å². The van der Waals surface area contributed by atoms with Crippen molar-refractivity contribution in [2.75, 3.05) is 0 Å². The van der Waals surface area contributed by atoms with E-state index in [4.69, 9.17) is 0 Å². The predicted octanol–water partition coefficient (Wildman–Crippen LogP) is 3.81. The van der Waals surface area contributed by atoms with Gasteiger partial charge >= 0.3 is 5.97 Å². The summed E-state index contributed by atoms with van der Waals surface area (Å²) in [5.74, 6) is -1.24. The van der Waals surface area contributed by atoms with Gasteiger partial charge in [0.15, 0.2) is 0 Å². The minimum absolute atomic E-state index is 0.253. The zero-order valence-electron chi connectivity index (χ0n) is 14.4. The van der Waals surface area contributed by atoms with Crippen molar-refractivity contribution >= 4 is 17.0 Å². The van der Waals surface area contributed by atoms with Gasteiger partial charge in [0.25, 0.3) is 0 Å². The van der Waals surface area contributed by atoms with E-state index in [2.05, 4.69) is 4.98 Å². The maximum atomic E-state index is 12.3. The van der Waals surface area contributed by atoms with E-state index in [-0.39, 0.29) is 5.56 Å². The summed E-state index contributed by atoms with van der Waals surface area (Å²) in [5.41, 5.74) is 2.93. The molecule has 0 aliphatic heterocycles. The highest BCUT2D eigenvalue weighted by Gasteiger charge is 2.15. The maximum Gasteiger partial charge on any atom is 0.341 e. The molecular weight excluding hydrogens is 340 g/mol.